The van der Waals surface area contributed by atoms with Crippen molar-refractivity contribution in [1.82, 2.24) is 5.48 Å². The summed E-state index contributed by atoms with van der Waals surface area (Å²) in [5.74, 6) is 5.44. The normalized spacial score (nSPS) is 7.70. The van der Waals surface area contributed by atoms with Crippen LogP contribution >= 0.6 is 0 Å². The van der Waals surface area contributed by atoms with Crippen molar-refractivity contribution in [1.29, 1.82) is 0 Å². The number of hydrogen-bond acceptors (Lipinski definition) is 2. The average molecular weight is 142 g/mol. The molecule has 0 aromatic rings. The maximum absolute atomic E-state index is 9.98. The Hall–Kier alpha value is -1.21. The zero-order chi connectivity index (χ0) is 7.82. The van der Waals surface area contributed by atoms with Gasteiger partial charge < -0.3 is 5.73 Å². The summed E-state index contributed by atoms with van der Waals surface area (Å²) in [6.45, 7) is 2.10. The molecule has 0 aromatic carbocycles. The Morgan fingerprint density at radius 2 is 2.50 bits per heavy atom. The van der Waals surface area contributed by atoms with Crippen molar-refractivity contribution in [2.45, 2.75) is 13.3 Å². The molecular formula is C6H10N2O2. The highest BCUT2D eigenvalue weighted by molar-refractivity contribution is 5.70. The molecular weight excluding hydrogens is 132 g/mol. The van der Waals surface area contributed by atoms with Crippen LogP contribution in [-0.2, 0) is 4.84 Å². The molecule has 0 atom stereocenters. The first-order chi connectivity index (χ1) is 4.77. The molecule has 0 fully saturated rings. The number of urea groups is 1. The molecule has 0 unspecified atom stereocenters. The molecule has 0 radical (unpaired) electrons. The Morgan fingerprint density at radius 3 is 3.00 bits per heavy atom. The molecule has 56 valence electrons. The van der Waals surface area contributed by atoms with Gasteiger partial charge in [0.2, 0.25) is 0 Å². The van der Waals surface area contributed by atoms with Gasteiger partial charge in [0.15, 0.2) is 0 Å². The Morgan fingerprint density at radius 1 is 1.80 bits per heavy atom. The Kier molecular flexibility index (Phi) is 5.20. The van der Waals surface area contributed by atoms with Gasteiger partial charge >= 0.3 is 6.03 Å². The molecule has 0 saturated heterocycles. The van der Waals surface area contributed by atoms with Crippen molar-refractivity contribution in [3.8, 4) is 11.8 Å². The number of nitrogens with one attached hydrogen (secondary N) is 1. The van der Waals surface area contributed by atoms with Crippen molar-refractivity contribution >= 4 is 6.03 Å². The fraction of sp³-hybridized carbons (Fsp3) is 0.500. The fourth-order valence-corrected chi connectivity index (χ4v) is 0.349. The molecule has 0 bridgehead atoms. The molecule has 3 N–H and O–H groups in total. The van der Waals surface area contributed by atoms with E-state index in [1.165, 1.54) is 0 Å². The van der Waals surface area contributed by atoms with E-state index in [-0.39, 0.29) is 0 Å². The van der Waals surface area contributed by atoms with E-state index in [0.29, 0.717) is 13.0 Å². The second kappa shape index (κ2) is 5.92. The van der Waals surface area contributed by atoms with Crippen LogP contribution in [0.1, 0.15) is 13.3 Å². The number of carbonyl (C=O) groups excluding carboxylic acids is 1. The van der Waals surface area contributed by atoms with Crippen LogP contribution in [-0.4, -0.2) is 12.6 Å². The molecule has 2 amide bonds. The fourth-order valence-electron chi connectivity index (χ4n) is 0.349. The number of hydrogen-bond donors (Lipinski definition) is 2. The van der Waals surface area contributed by atoms with Gasteiger partial charge in [0.1, 0.15) is 0 Å². The van der Waals surface area contributed by atoms with Crippen LogP contribution in [0.5, 0.6) is 0 Å². The van der Waals surface area contributed by atoms with Gasteiger partial charge in [-0.25, -0.2) is 10.3 Å². The van der Waals surface area contributed by atoms with Crippen LogP contribution in [0.3, 0.4) is 0 Å². The van der Waals surface area contributed by atoms with Gasteiger partial charge in [0, 0.05) is 6.42 Å². The van der Waals surface area contributed by atoms with E-state index >= 15 is 0 Å². The molecule has 4 heteroatoms. The molecule has 0 aliphatic heterocycles. The van der Waals surface area contributed by atoms with E-state index in [2.05, 4.69) is 16.7 Å². The van der Waals surface area contributed by atoms with E-state index < -0.39 is 6.03 Å². The molecule has 0 saturated carbocycles. The van der Waals surface area contributed by atoms with Crippen molar-refractivity contribution < 1.29 is 9.63 Å². The second-order valence-corrected chi connectivity index (χ2v) is 1.49. The highest BCUT2D eigenvalue weighted by Crippen LogP contribution is 1.74. The predicted molar refractivity (Wildman–Crippen MR) is 36.7 cm³/mol. The van der Waals surface area contributed by atoms with Gasteiger partial charge in [0.05, 0.1) is 6.61 Å². The molecule has 0 aliphatic rings. The Bertz CT molecular complexity index is 157. The van der Waals surface area contributed by atoms with Crippen LogP contribution in [0.2, 0.25) is 0 Å². The van der Waals surface area contributed by atoms with Crippen molar-refractivity contribution in [2.75, 3.05) is 6.61 Å². The number of amides is 2. The Balaban J connectivity index is 3.03. The molecule has 0 aromatic heterocycles. The molecule has 0 spiro atoms. The van der Waals surface area contributed by atoms with Crippen molar-refractivity contribution in [2.24, 2.45) is 5.73 Å². The molecule has 0 heterocycles. The molecule has 10 heavy (non-hydrogen) atoms. The lowest BCUT2D eigenvalue weighted by Gasteiger charge is -1.97. The van der Waals surface area contributed by atoms with Crippen LogP contribution in [0, 0.1) is 11.8 Å². The maximum atomic E-state index is 9.98. The summed E-state index contributed by atoms with van der Waals surface area (Å²) in [5, 5.41) is 0. The first kappa shape index (κ1) is 8.79. The minimum Gasteiger partial charge on any atom is -0.350 e. The summed E-state index contributed by atoms with van der Waals surface area (Å²) in [6, 6.07) is -0.690. The molecule has 4 nitrogen and oxygen atoms in total. The van der Waals surface area contributed by atoms with Gasteiger partial charge in [-0.3, -0.25) is 4.84 Å². The lowest BCUT2D eigenvalue weighted by Crippen LogP contribution is -2.29. The third kappa shape index (κ3) is 6.79. The van der Waals surface area contributed by atoms with Crippen molar-refractivity contribution in [3.63, 3.8) is 0 Å². The highest BCUT2D eigenvalue weighted by Gasteiger charge is 1.87. The third-order valence-corrected chi connectivity index (χ3v) is 0.679. The topological polar surface area (TPSA) is 64.3 Å². The van der Waals surface area contributed by atoms with Gasteiger partial charge in [0.25, 0.3) is 0 Å². The maximum Gasteiger partial charge on any atom is 0.336 e. The van der Waals surface area contributed by atoms with E-state index in [1.54, 1.807) is 6.92 Å². The lowest BCUT2D eigenvalue weighted by atomic mass is 10.4. The minimum absolute atomic E-state index is 0.365. The lowest BCUT2D eigenvalue weighted by molar-refractivity contribution is 0.0685. The first-order valence-electron chi connectivity index (χ1n) is 2.84. The monoisotopic (exact) mass is 142 g/mol. The number of hydroxylamine groups is 1. The van der Waals surface area contributed by atoms with E-state index in [1.807, 2.05) is 5.48 Å². The molecule has 0 aliphatic carbocycles. The highest BCUT2D eigenvalue weighted by atomic mass is 16.7. The second-order valence-electron chi connectivity index (χ2n) is 1.49. The van der Waals surface area contributed by atoms with Gasteiger partial charge in [-0.15, -0.1) is 11.8 Å². The minimum atomic E-state index is -0.690. The van der Waals surface area contributed by atoms with Crippen LogP contribution < -0.4 is 11.2 Å². The molecule has 0 rings (SSSR count). The zero-order valence-electron chi connectivity index (χ0n) is 5.81. The number of carbonyl (C=O) groups is 1. The number of nitrogens with two attached hydrogens (primary N) is 1. The predicted octanol–water partition coefficient (Wildman–Crippen LogP) is -0.000300. The van der Waals surface area contributed by atoms with Crippen LogP contribution in [0.4, 0.5) is 4.79 Å². The first-order valence-corrected chi connectivity index (χ1v) is 2.84. The summed E-state index contributed by atoms with van der Waals surface area (Å²) < 4.78 is 0. The summed E-state index contributed by atoms with van der Waals surface area (Å²) >= 11 is 0. The van der Waals surface area contributed by atoms with Crippen LogP contribution in [0.25, 0.3) is 0 Å². The average Bonchev–Trinajstić information content (AvgIpc) is 1.87. The van der Waals surface area contributed by atoms with Gasteiger partial charge in [-0.2, -0.15) is 0 Å². The van der Waals surface area contributed by atoms with Crippen molar-refractivity contribution in [3.05, 3.63) is 0 Å². The summed E-state index contributed by atoms with van der Waals surface area (Å²) in [4.78, 5) is 14.6. The summed E-state index contributed by atoms with van der Waals surface area (Å²) in [7, 11) is 0. The summed E-state index contributed by atoms with van der Waals surface area (Å²) in [5.41, 5.74) is 6.67. The van der Waals surface area contributed by atoms with Gasteiger partial charge in [-0.1, -0.05) is 0 Å². The number of rotatable bonds is 3. The van der Waals surface area contributed by atoms with E-state index in [9.17, 15) is 4.79 Å². The standard InChI is InChI=1S/C6H10N2O2/c1-2-3-4-5-10-8-6(7)9/h4-5H2,1H3,(H3,7,8,9). The largest absolute Gasteiger partial charge is 0.350 e. The summed E-state index contributed by atoms with van der Waals surface area (Å²) in [6.07, 6.45) is 0.594. The van der Waals surface area contributed by atoms with Crippen LogP contribution in [0.15, 0.2) is 0 Å². The van der Waals surface area contributed by atoms with E-state index in [4.69, 9.17) is 5.73 Å². The smallest absolute Gasteiger partial charge is 0.336 e. The quantitative estimate of drug-likeness (QED) is 0.331. The van der Waals surface area contributed by atoms with E-state index in [0.717, 1.165) is 0 Å². The van der Waals surface area contributed by atoms with Gasteiger partial charge in [-0.05, 0) is 6.92 Å². The number of primary amides is 1. The Labute approximate surface area is 59.7 Å². The third-order valence-electron chi connectivity index (χ3n) is 0.679. The SMILES string of the molecule is CC#CCCONC(N)=O. The zero-order valence-corrected chi connectivity index (χ0v) is 5.81.